The van der Waals surface area contributed by atoms with Gasteiger partial charge in [0.1, 0.15) is 5.57 Å². The first-order valence-corrected chi connectivity index (χ1v) is 10.3. The summed E-state index contributed by atoms with van der Waals surface area (Å²) in [5.74, 6) is -0.739. The molecule has 0 saturated carbocycles. The van der Waals surface area contributed by atoms with E-state index in [0.717, 1.165) is 23.3 Å². The van der Waals surface area contributed by atoms with E-state index in [-0.39, 0.29) is 10.6 Å². The van der Waals surface area contributed by atoms with E-state index in [0.29, 0.717) is 29.4 Å². The lowest BCUT2D eigenvalue weighted by Crippen LogP contribution is -2.54. The largest absolute Gasteiger partial charge is 0.493 e. The Morgan fingerprint density at radius 1 is 1.10 bits per heavy atom. The molecule has 162 valence electrons. The second kappa shape index (κ2) is 9.66. The van der Waals surface area contributed by atoms with Gasteiger partial charge >= 0.3 is 6.03 Å². The first-order valence-electron chi connectivity index (χ1n) is 9.90. The third kappa shape index (κ3) is 4.72. The molecule has 0 atom stereocenters. The fraction of sp³-hybridized carbons (Fsp3) is 0.261. The molecule has 0 aromatic heterocycles. The van der Waals surface area contributed by atoms with Crippen LogP contribution in [0.1, 0.15) is 31.4 Å². The van der Waals surface area contributed by atoms with E-state index in [1.807, 2.05) is 26.0 Å². The minimum absolute atomic E-state index is 0.195. The Kier molecular flexibility index (Phi) is 6.97. The SMILES string of the molecule is CCCOc1c(Cl)cc(/C=C2\C(=O)NC(=O)N(c3ccc(CC)cc3)C2=O)cc1OC. The molecule has 0 unspecified atom stereocenters. The van der Waals surface area contributed by atoms with Crippen molar-refractivity contribution >= 4 is 41.2 Å². The van der Waals surface area contributed by atoms with E-state index in [4.69, 9.17) is 21.1 Å². The molecule has 1 heterocycles. The fourth-order valence-electron chi connectivity index (χ4n) is 3.11. The Labute approximate surface area is 185 Å². The van der Waals surface area contributed by atoms with Gasteiger partial charge in [-0.05, 0) is 54.3 Å². The molecule has 2 aromatic rings. The fourth-order valence-corrected chi connectivity index (χ4v) is 3.38. The summed E-state index contributed by atoms with van der Waals surface area (Å²) >= 11 is 6.33. The number of hydrogen-bond acceptors (Lipinski definition) is 5. The predicted octanol–water partition coefficient (Wildman–Crippen LogP) is 4.37. The standard InChI is InChI=1S/C23H23ClN2O5/c1-4-10-31-20-18(24)12-15(13-19(20)30-3)11-17-21(27)25-23(29)26(22(17)28)16-8-6-14(5-2)7-9-16/h6-9,11-13H,4-5,10H2,1-3H3,(H,25,27,29)/b17-11+. The van der Waals surface area contributed by atoms with Crippen LogP contribution in [-0.2, 0) is 16.0 Å². The van der Waals surface area contributed by atoms with E-state index >= 15 is 0 Å². The summed E-state index contributed by atoms with van der Waals surface area (Å²) in [6.45, 7) is 4.44. The zero-order valence-electron chi connectivity index (χ0n) is 17.5. The molecular weight excluding hydrogens is 420 g/mol. The number of ether oxygens (including phenoxy) is 2. The van der Waals surface area contributed by atoms with E-state index < -0.39 is 17.8 Å². The summed E-state index contributed by atoms with van der Waals surface area (Å²) in [6.07, 6.45) is 2.99. The lowest BCUT2D eigenvalue weighted by Gasteiger charge is -2.26. The van der Waals surface area contributed by atoms with Crippen molar-refractivity contribution in [2.45, 2.75) is 26.7 Å². The number of barbiturate groups is 1. The molecule has 1 saturated heterocycles. The second-order valence-electron chi connectivity index (χ2n) is 6.86. The summed E-state index contributed by atoms with van der Waals surface area (Å²) in [7, 11) is 1.47. The number of methoxy groups -OCH3 is 1. The molecule has 1 fully saturated rings. The normalized spacial score (nSPS) is 15.3. The molecule has 0 aliphatic carbocycles. The van der Waals surface area contributed by atoms with Crippen molar-refractivity contribution in [1.29, 1.82) is 0 Å². The van der Waals surface area contributed by atoms with Crippen LogP contribution in [0, 0.1) is 0 Å². The van der Waals surface area contributed by atoms with Gasteiger partial charge in [-0.15, -0.1) is 0 Å². The summed E-state index contributed by atoms with van der Waals surface area (Å²) in [6, 6.07) is 9.38. The number of amides is 4. The highest BCUT2D eigenvalue weighted by atomic mass is 35.5. The van der Waals surface area contributed by atoms with Crippen LogP contribution < -0.4 is 19.7 Å². The maximum Gasteiger partial charge on any atom is 0.335 e. The van der Waals surface area contributed by atoms with Gasteiger partial charge in [-0.25, -0.2) is 9.69 Å². The molecule has 4 amide bonds. The number of anilines is 1. The topological polar surface area (TPSA) is 84.9 Å². The summed E-state index contributed by atoms with van der Waals surface area (Å²) in [5, 5.41) is 2.49. The monoisotopic (exact) mass is 442 g/mol. The zero-order chi connectivity index (χ0) is 22.5. The summed E-state index contributed by atoms with van der Waals surface area (Å²) in [5.41, 5.74) is 1.70. The number of imide groups is 2. The predicted molar refractivity (Wildman–Crippen MR) is 119 cm³/mol. The maximum absolute atomic E-state index is 13.0. The average Bonchev–Trinajstić information content (AvgIpc) is 2.76. The van der Waals surface area contributed by atoms with Crippen molar-refractivity contribution in [2.75, 3.05) is 18.6 Å². The lowest BCUT2D eigenvalue weighted by molar-refractivity contribution is -0.122. The van der Waals surface area contributed by atoms with Crippen LogP contribution in [0.3, 0.4) is 0 Å². The first kappa shape index (κ1) is 22.4. The highest BCUT2D eigenvalue weighted by molar-refractivity contribution is 6.39. The number of halogens is 1. The Morgan fingerprint density at radius 3 is 2.42 bits per heavy atom. The number of carbonyl (C=O) groups is 3. The van der Waals surface area contributed by atoms with Crippen molar-refractivity contribution in [3.8, 4) is 11.5 Å². The van der Waals surface area contributed by atoms with Crippen molar-refractivity contribution in [3.05, 3.63) is 58.1 Å². The Bertz CT molecular complexity index is 1050. The number of carbonyl (C=O) groups excluding carboxylic acids is 3. The van der Waals surface area contributed by atoms with Crippen LogP contribution in [-0.4, -0.2) is 31.6 Å². The van der Waals surface area contributed by atoms with Gasteiger partial charge in [0.25, 0.3) is 11.8 Å². The number of hydrogen-bond donors (Lipinski definition) is 1. The molecule has 1 aliphatic rings. The zero-order valence-corrected chi connectivity index (χ0v) is 18.3. The Hall–Kier alpha value is -3.32. The van der Waals surface area contributed by atoms with Gasteiger partial charge in [0, 0.05) is 0 Å². The number of nitrogens with one attached hydrogen (secondary N) is 1. The lowest BCUT2D eigenvalue weighted by atomic mass is 10.1. The molecule has 7 nitrogen and oxygen atoms in total. The molecule has 8 heteroatoms. The first-order chi connectivity index (χ1) is 14.9. The molecule has 1 N–H and O–H groups in total. The van der Waals surface area contributed by atoms with Gasteiger partial charge in [-0.1, -0.05) is 37.6 Å². The van der Waals surface area contributed by atoms with Gasteiger partial charge in [0.05, 0.1) is 24.4 Å². The molecular formula is C23H23ClN2O5. The maximum atomic E-state index is 13.0. The highest BCUT2D eigenvalue weighted by Crippen LogP contribution is 2.37. The summed E-state index contributed by atoms with van der Waals surface area (Å²) in [4.78, 5) is 38.7. The van der Waals surface area contributed by atoms with Crippen LogP contribution in [0.5, 0.6) is 11.5 Å². The van der Waals surface area contributed by atoms with E-state index in [2.05, 4.69) is 5.32 Å². The smallest absolute Gasteiger partial charge is 0.335 e. The molecule has 3 rings (SSSR count). The summed E-state index contributed by atoms with van der Waals surface area (Å²) < 4.78 is 11.0. The van der Waals surface area contributed by atoms with Crippen molar-refractivity contribution < 1.29 is 23.9 Å². The van der Waals surface area contributed by atoms with E-state index in [1.165, 1.54) is 13.2 Å². The Morgan fingerprint density at radius 2 is 1.81 bits per heavy atom. The molecule has 2 aromatic carbocycles. The van der Waals surface area contributed by atoms with Crippen LogP contribution in [0.25, 0.3) is 6.08 Å². The molecule has 31 heavy (non-hydrogen) atoms. The van der Waals surface area contributed by atoms with Gasteiger partial charge in [0.2, 0.25) is 0 Å². The third-order valence-corrected chi connectivity index (χ3v) is 5.00. The number of urea groups is 1. The van der Waals surface area contributed by atoms with Crippen molar-refractivity contribution in [1.82, 2.24) is 5.32 Å². The second-order valence-corrected chi connectivity index (χ2v) is 7.27. The highest BCUT2D eigenvalue weighted by Gasteiger charge is 2.36. The molecule has 0 radical (unpaired) electrons. The van der Waals surface area contributed by atoms with Gasteiger partial charge < -0.3 is 9.47 Å². The quantitative estimate of drug-likeness (QED) is 0.508. The molecule has 0 spiro atoms. The van der Waals surface area contributed by atoms with Crippen LogP contribution in [0.15, 0.2) is 42.0 Å². The van der Waals surface area contributed by atoms with Crippen LogP contribution >= 0.6 is 11.6 Å². The number of benzene rings is 2. The van der Waals surface area contributed by atoms with Crippen LogP contribution in [0.2, 0.25) is 5.02 Å². The van der Waals surface area contributed by atoms with Gasteiger partial charge in [0.15, 0.2) is 11.5 Å². The number of aryl methyl sites for hydroxylation is 1. The number of rotatable bonds is 7. The molecule has 1 aliphatic heterocycles. The van der Waals surface area contributed by atoms with Gasteiger partial charge in [-0.2, -0.15) is 0 Å². The molecule has 0 bridgehead atoms. The third-order valence-electron chi connectivity index (χ3n) is 4.72. The van der Waals surface area contributed by atoms with Crippen molar-refractivity contribution in [2.24, 2.45) is 0 Å². The average molecular weight is 443 g/mol. The number of nitrogens with zero attached hydrogens (tertiary/aromatic N) is 1. The minimum Gasteiger partial charge on any atom is -0.493 e. The van der Waals surface area contributed by atoms with E-state index in [1.54, 1.807) is 24.3 Å². The Balaban J connectivity index is 1.98. The van der Waals surface area contributed by atoms with Crippen molar-refractivity contribution in [3.63, 3.8) is 0 Å². The van der Waals surface area contributed by atoms with E-state index in [9.17, 15) is 14.4 Å². The van der Waals surface area contributed by atoms with Gasteiger partial charge in [-0.3, -0.25) is 14.9 Å². The minimum atomic E-state index is -0.796. The van der Waals surface area contributed by atoms with Crippen LogP contribution in [0.4, 0.5) is 10.5 Å².